The molecule has 204 valence electrons. The van der Waals surface area contributed by atoms with Gasteiger partial charge in [-0.25, -0.2) is 4.79 Å². The highest BCUT2D eigenvalue weighted by Crippen LogP contribution is 2.31. The van der Waals surface area contributed by atoms with Crippen molar-refractivity contribution in [3.63, 3.8) is 0 Å². The molecule has 2 fully saturated rings. The molecule has 3 aromatic rings. The lowest BCUT2D eigenvalue weighted by atomic mass is 9.77. The number of hydrogen-bond donors (Lipinski definition) is 2. The Kier molecular flexibility index (Phi) is 8.47. The van der Waals surface area contributed by atoms with Crippen molar-refractivity contribution < 1.29 is 4.79 Å². The van der Waals surface area contributed by atoms with Gasteiger partial charge in [-0.1, -0.05) is 38.3 Å². The number of urea groups is 1. The van der Waals surface area contributed by atoms with E-state index in [9.17, 15) is 4.79 Å². The minimum atomic E-state index is 0.0189. The quantitative estimate of drug-likeness (QED) is 0.350. The van der Waals surface area contributed by atoms with E-state index in [1.807, 2.05) is 29.2 Å². The Labute approximate surface area is 237 Å². The number of hydrogen-bond acceptors (Lipinski definition) is 4. The summed E-state index contributed by atoms with van der Waals surface area (Å²) < 4.78 is 0. The Bertz CT molecular complexity index is 1330. The van der Waals surface area contributed by atoms with Crippen molar-refractivity contribution in [2.45, 2.75) is 45.6 Å². The van der Waals surface area contributed by atoms with E-state index >= 15 is 0 Å². The smallest absolute Gasteiger partial charge is 0.317 e. The van der Waals surface area contributed by atoms with Crippen molar-refractivity contribution in [3.05, 3.63) is 59.8 Å². The first-order valence-electron chi connectivity index (χ1n) is 14.1. The van der Waals surface area contributed by atoms with Crippen LogP contribution in [0.25, 0.3) is 10.9 Å². The van der Waals surface area contributed by atoms with Crippen LogP contribution in [0, 0.1) is 30.1 Å². The van der Waals surface area contributed by atoms with Crippen molar-refractivity contribution in [2.75, 3.05) is 36.4 Å². The number of rotatable bonds is 4. The summed E-state index contributed by atoms with van der Waals surface area (Å²) in [5.41, 5.74) is 4.01. The van der Waals surface area contributed by atoms with Crippen LogP contribution >= 0.6 is 11.6 Å². The molecule has 1 saturated heterocycles. The summed E-state index contributed by atoms with van der Waals surface area (Å²) in [6.45, 7) is 7.52. The van der Waals surface area contributed by atoms with Gasteiger partial charge in [0.1, 0.15) is 0 Å². The molecule has 2 amide bonds. The molecule has 2 N–H and O–H groups in total. The molecule has 1 saturated carbocycles. The monoisotopic (exact) mass is 543 g/mol. The van der Waals surface area contributed by atoms with Crippen molar-refractivity contribution in [1.82, 2.24) is 15.2 Å². The predicted molar refractivity (Wildman–Crippen MR) is 162 cm³/mol. The number of nitrogens with one attached hydrogen (secondary N) is 2. The van der Waals surface area contributed by atoms with E-state index in [1.54, 1.807) is 6.20 Å². The Hall–Kier alpha value is -3.43. The van der Waals surface area contributed by atoms with Crippen LogP contribution in [-0.4, -0.2) is 48.1 Å². The summed E-state index contributed by atoms with van der Waals surface area (Å²) in [6.07, 6.45) is 12.1. The first kappa shape index (κ1) is 27.1. The number of pyridine rings is 1. The molecule has 0 bridgehead atoms. The Morgan fingerprint density at radius 2 is 1.82 bits per heavy atom. The largest absolute Gasteiger partial charge is 0.368 e. The van der Waals surface area contributed by atoms with Crippen LogP contribution < -0.4 is 15.5 Å². The van der Waals surface area contributed by atoms with Gasteiger partial charge in [0.15, 0.2) is 0 Å². The maximum absolute atomic E-state index is 13.2. The van der Waals surface area contributed by atoms with Gasteiger partial charge >= 0.3 is 6.03 Å². The number of amides is 2. The Morgan fingerprint density at radius 1 is 1.05 bits per heavy atom. The van der Waals surface area contributed by atoms with Gasteiger partial charge in [0, 0.05) is 71.8 Å². The fraction of sp³-hybridized carbons (Fsp3) is 0.438. The van der Waals surface area contributed by atoms with Crippen LogP contribution in [-0.2, 0) is 0 Å². The maximum Gasteiger partial charge on any atom is 0.317 e. The summed E-state index contributed by atoms with van der Waals surface area (Å²) in [4.78, 5) is 21.9. The first-order valence-corrected chi connectivity index (χ1v) is 14.5. The third kappa shape index (κ3) is 6.42. The summed E-state index contributed by atoms with van der Waals surface area (Å²) in [7, 11) is 0. The van der Waals surface area contributed by atoms with E-state index in [0.29, 0.717) is 29.9 Å². The van der Waals surface area contributed by atoms with Gasteiger partial charge in [-0.2, -0.15) is 0 Å². The fourth-order valence-corrected chi connectivity index (χ4v) is 6.30. The third-order valence-electron chi connectivity index (χ3n) is 8.32. The zero-order valence-corrected chi connectivity index (χ0v) is 23.6. The molecule has 4 atom stereocenters. The second-order valence-electron chi connectivity index (χ2n) is 11.2. The van der Waals surface area contributed by atoms with Gasteiger partial charge in [0.2, 0.25) is 0 Å². The molecule has 0 spiro atoms. The van der Waals surface area contributed by atoms with Gasteiger partial charge in [0.05, 0.1) is 5.52 Å². The minimum absolute atomic E-state index is 0.0189. The molecule has 1 aromatic heterocycles. The van der Waals surface area contributed by atoms with E-state index < -0.39 is 0 Å². The highest BCUT2D eigenvalue weighted by molar-refractivity contribution is 6.31. The molecule has 2 aromatic carbocycles. The molecule has 7 heteroatoms. The average molecular weight is 544 g/mol. The van der Waals surface area contributed by atoms with Crippen LogP contribution in [0.3, 0.4) is 0 Å². The molecule has 4 unspecified atom stereocenters. The molecule has 0 radical (unpaired) electrons. The number of anilines is 3. The summed E-state index contributed by atoms with van der Waals surface area (Å²) in [6, 6.07) is 16.2. The van der Waals surface area contributed by atoms with Gasteiger partial charge in [-0.3, -0.25) is 4.98 Å². The molecular weight excluding hydrogens is 506 g/mol. The summed E-state index contributed by atoms with van der Waals surface area (Å²) in [5, 5.41) is 8.54. The molecule has 5 rings (SSSR count). The molecule has 2 aliphatic rings. The highest BCUT2D eigenvalue weighted by atomic mass is 35.5. The lowest BCUT2D eigenvalue weighted by Gasteiger charge is -2.39. The predicted octanol–water partition coefficient (Wildman–Crippen LogP) is 6.93. The van der Waals surface area contributed by atoms with Gasteiger partial charge < -0.3 is 20.4 Å². The SMILES string of the molecule is C#CC1CCCC(C)CC(C)C1NC(=O)N1CCN(c2ccc(Nc3ccnc4cc(Cl)ccc34)cc2)CC1. The fourth-order valence-electron chi connectivity index (χ4n) is 6.13. The van der Waals surface area contributed by atoms with Gasteiger partial charge in [0.25, 0.3) is 0 Å². The van der Waals surface area contributed by atoms with Gasteiger partial charge in [-0.15, -0.1) is 12.3 Å². The number of benzene rings is 2. The van der Waals surface area contributed by atoms with Crippen LogP contribution in [0.15, 0.2) is 54.7 Å². The summed E-state index contributed by atoms with van der Waals surface area (Å²) >= 11 is 6.13. The molecule has 39 heavy (non-hydrogen) atoms. The first-order chi connectivity index (χ1) is 18.9. The summed E-state index contributed by atoms with van der Waals surface area (Å²) in [5.74, 6) is 4.13. The number of terminal acetylenes is 1. The van der Waals surface area contributed by atoms with Gasteiger partial charge in [-0.05, 0) is 73.2 Å². The van der Waals surface area contributed by atoms with E-state index in [2.05, 4.69) is 64.6 Å². The van der Waals surface area contributed by atoms with Crippen molar-refractivity contribution in [1.29, 1.82) is 0 Å². The Morgan fingerprint density at radius 3 is 2.56 bits per heavy atom. The number of carbonyl (C=O) groups is 1. The zero-order valence-electron chi connectivity index (χ0n) is 22.9. The van der Waals surface area contributed by atoms with E-state index in [4.69, 9.17) is 18.0 Å². The van der Waals surface area contributed by atoms with E-state index in [0.717, 1.165) is 60.3 Å². The number of piperazine rings is 1. The average Bonchev–Trinajstić information content (AvgIpc) is 2.94. The van der Waals surface area contributed by atoms with Crippen LogP contribution in [0.1, 0.15) is 39.5 Å². The van der Waals surface area contributed by atoms with Crippen molar-refractivity contribution >= 4 is 45.6 Å². The zero-order chi connectivity index (χ0) is 27.4. The number of nitrogens with zero attached hydrogens (tertiary/aromatic N) is 3. The molecule has 6 nitrogen and oxygen atoms in total. The van der Waals surface area contributed by atoms with Crippen molar-refractivity contribution in [2.24, 2.45) is 17.8 Å². The van der Waals surface area contributed by atoms with E-state index in [1.165, 1.54) is 6.42 Å². The van der Waals surface area contributed by atoms with E-state index in [-0.39, 0.29) is 18.0 Å². The third-order valence-corrected chi connectivity index (χ3v) is 8.56. The lowest BCUT2D eigenvalue weighted by Crippen LogP contribution is -2.55. The van der Waals surface area contributed by atoms with Crippen LogP contribution in [0.4, 0.5) is 21.9 Å². The topological polar surface area (TPSA) is 60.5 Å². The number of fused-ring (bicyclic) bond motifs is 1. The molecule has 1 aliphatic carbocycles. The minimum Gasteiger partial charge on any atom is -0.368 e. The second kappa shape index (κ2) is 12.2. The van der Waals surface area contributed by atoms with Crippen LogP contribution in [0.2, 0.25) is 5.02 Å². The lowest BCUT2D eigenvalue weighted by molar-refractivity contribution is 0.171. The van der Waals surface area contributed by atoms with Crippen molar-refractivity contribution in [3.8, 4) is 12.3 Å². The normalized spacial score (nSPS) is 23.9. The highest BCUT2D eigenvalue weighted by Gasteiger charge is 2.32. The Balaban J connectivity index is 1.17. The number of halogens is 1. The number of aromatic nitrogens is 1. The van der Waals surface area contributed by atoms with Crippen LogP contribution in [0.5, 0.6) is 0 Å². The standard InChI is InChI=1S/C32H38ClN5O/c1-4-24-7-5-6-22(2)20-23(3)31(24)36-32(39)38-18-16-37(17-19-38)27-11-9-26(10-12-27)35-29-14-15-34-30-21-25(33)8-13-28(29)30/h1,8-15,21-24,31H,5-7,16-20H2,2-3H3,(H,34,35)(H,36,39). The number of carbonyl (C=O) groups excluding carboxylic acids is 1. The maximum atomic E-state index is 13.2. The molecule has 1 aliphatic heterocycles. The second-order valence-corrected chi connectivity index (χ2v) is 11.6. The molecular formula is C32H38ClN5O. The molecule has 2 heterocycles.